The Bertz CT molecular complexity index is 616. The van der Waals surface area contributed by atoms with Crippen molar-refractivity contribution in [1.82, 2.24) is 4.90 Å². The van der Waals surface area contributed by atoms with Crippen LogP contribution in [0.5, 0.6) is 0 Å². The van der Waals surface area contributed by atoms with Gasteiger partial charge in [-0.25, -0.2) is 0 Å². The number of aliphatic hydroxyl groups is 1. The highest BCUT2D eigenvalue weighted by Gasteiger charge is 2.62. The van der Waals surface area contributed by atoms with Crippen LogP contribution >= 0.6 is 0 Å². The van der Waals surface area contributed by atoms with E-state index in [0.29, 0.717) is 5.56 Å². The molecule has 0 aliphatic heterocycles. The van der Waals surface area contributed by atoms with Gasteiger partial charge in [-0.2, -0.15) is 35.1 Å². The summed E-state index contributed by atoms with van der Waals surface area (Å²) in [5.41, 5.74) is 0.541. The molecule has 10 heteroatoms. The van der Waals surface area contributed by atoms with Crippen LogP contribution < -0.4 is 0 Å². The van der Waals surface area contributed by atoms with Gasteiger partial charge in [-0.15, -0.1) is 0 Å². The van der Waals surface area contributed by atoms with Crippen molar-refractivity contribution in [2.75, 3.05) is 6.54 Å². The highest BCUT2D eigenvalue weighted by molar-refractivity contribution is 5.14. The minimum absolute atomic E-state index is 0.111. The minimum Gasteiger partial charge on any atom is -0.385 e. The molecule has 1 aromatic carbocycles. The van der Waals surface area contributed by atoms with E-state index in [2.05, 4.69) is 0 Å². The molecule has 1 saturated carbocycles. The summed E-state index contributed by atoms with van der Waals surface area (Å²) in [5, 5.41) is 9.58. The Morgan fingerprint density at radius 1 is 0.964 bits per heavy atom. The lowest BCUT2D eigenvalue weighted by Crippen LogP contribution is -2.54. The van der Waals surface area contributed by atoms with Gasteiger partial charge >= 0.3 is 18.3 Å². The molecule has 3 atom stereocenters. The molecule has 0 bridgehead atoms. The summed E-state index contributed by atoms with van der Waals surface area (Å²) in [6.45, 7) is -1.22. The van der Waals surface area contributed by atoms with Gasteiger partial charge in [0.25, 0.3) is 0 Å². The van der Waals surface area contributed by atoms with E-state index in [1.165, 1.54) is 0 Å². The third-order valence-corrected chi connectivity index (χ3v) is 5.06. The summed E-state index contributed by atoms with van der Waals surface area (Å²) < 4.78 is 104. The molecule has 2 nitrogen and oxygen atoms in total. The summed E-state index contributed by atoms with van der Waals surface area (Å²) in [6, 6.07) is 7.22. The van der Waals surface area contributed by atoms with Crippen LogP contribution in [-0.4, -0.2) is 47.0 Å². The summed E-state index contributed by atoms with van der Waals surface area (Å²) in [4.78, 5) is 1.11. The summed E-state index contributed by atoms with van der Waals surface area (Å²) in [6.07, 6.45) is -13.6. The lowest BCUT2D eigenvalue weighted by atomic mass is 9.84. The van der Waals surface area contributed by atoms with E-state index < -0.39 is 49.3 Å². The number of hydrogen-bond acceptors (Lipinski definition) is 2. The molecule has 1 aliphatic carbocycles. The van der Waals surface area contributed by atoms with Crippen LogP contribution in [0.1, 0.15) is 31.2 Å². The van der Waals surface area contributed by atoms with Gasteiger partial charge in [0, 0.05) is 19.1 Å². The SMILES string of the molecule is OC(CN(Cc1ccccc1)C1CCCC(C(F)(F)F)C1)C(F)(F)C(F)(F)F. The molecule has 160 valence electrons. The zero-order chi connectivity index (χ0) is 21.2. The summed E-state index contributed by atoms with van der Waals surface area (Å²) in [5.74, 6) is -7.01. The smallest absolute Gasteiger partial charge is 0.385 e. The predicted molar refractivity (Wildman–Crippen MR) is 85.7 cm³/mol. The van der Waals surface area contributed by atoms with E-state index >= 15 is 0 Å². The summed E-state index contributed by atoms with van der Waals surface area (Å²) >= 11 is 0. The van der Waals surface area contributed by atoms with Gasteiger partial charge in [0.1, 0.15) is 6.10 Å². The second-order valence-electron chi connectivity index (χ2n) is 7.11. The number of hydrogen-bond donors (Lipinski definition) is 1. The van der Waals surface area contributed by atoms with Gasteiger partial charge in [0.05, 0.1) is 5.92 Å². The van der Waals surface area contributed by atoms with Crippen molar-refractivity contribution in [3.63, 3.8) is 0 Å². The van der Waals surface area contributed by atoms with Crippen LogP contribution in [0.2, 0.25) is 0 Å². The third kappa shape index (κ3) is 5.56. The van der Waals surface area contributed by atoms with Crippen molar-refractivity contribution in [2.24, 2.45) is 5.92 Å². The number of nitrogens with zero attached hydrogens (tertiary/aromatic N) is 1. The average Bonchev–Trinajstić information content (AvgIpc) is 2.60. The normalized spacial score (nSPS) is 23.1. The Kier molecular flexibility index (Phi) is 6.96. The molecule has 1 aliphatic rings. The molecule has 2 rings (SSSR count). The fourth-order valence-electron chi connectivity index (χ4n) is 3.48. The molecule has 3 unspecified atom stereocenters. The molecule has 1 fully saturated rings. The van der Waals surface area contributed by atoms with Crippen molar-refractivity contribution in [1.29, 1.82) is 0 Å². The number of aliphatic hydroxyl groups excluding tert-OH is 1. The Balaban J connectivity index is 2.22. The van der Waals surface area contributed by atoms with Crippen LogP contribution in [0.4, 0.5) is 35.1 Å². The Hall–Kier alpha value is -1.42. The maximum absolute atomic E-state index is 13.5. The molecule has 0 saturated heterocycles. The van der Waals surface area contributed by atoms with Crippen molar-refractivity contribution in [3.8, 4) is 0 Å². The molecule has 28 heavy (non-hydrogen) atoms. The lowest BCUT2D eigenvalue weighted by Gasteiger charge is -2.40. The van der Waals surface area contributed by atoms with Crippen LogP contribution in [0.3, 0.4) is 0 Å². The van der Waals surface area contributed by atoms with E-state index in [1.807, 2.05) is 0 Å². The predicted octanol–water partition coefficient (Wildman–Crippen LogP) is 5.17. The van der Waals surface area contributed by atoms with Gasteiger partial charge in [0.2, 0.25) is 0 Å². The molecule has 0 amide bonds. The van der Waals surface area contributed by atoms with Gasteiger partial charge < -0.3 is 5.11 Å². The zero-order valence-electron chi connectivity index (χ0n) is 14.8. The second kappa shape index (κ2) is 8.52. The van der Waals surface area contributed by atoms with E-state index in [9.17, 15) is 40.2 Å². The number of benzene rings is 1. The molecule has 1 N–H and O–H groups in total. The lowest BCUT2D eigenvalue weighted by molar-refractivity contribution is -0.314. The van der Waals surface area contributed by atoms with Gasteiger partial charge in [-0.1, -0.05) is 36.8 Å². The molecular weight excluding hydrogens is 398 g/mol. The minimum atomic E-state index is -5.95. The molecule has 0 radical (unpaired) electrons. The fourth-order valence-corrected chi connectivity index (χ4v) is 3.48. The molecule has 0 heterocycles. The largest absolute Gasteiger partial charge is 0.456 e. The third-order valence-electron chi connectivity index (χ3n) is 5.06. The van der Waals surface area contributed by atoms with Crippen molar-refractivity contribution >= 4 is 0 Å². The Morgan fingerprint density at radius 2 is 1.57 bits per heavy atom. The maximum Gasteiger partial charge on any atom is 0.456 e. The van der Waals surface area contributed by atoms with Crippen molar-refractivity contribution in [2.45, 2.75) is 62.6 Å². The monoisotopic (exact) mass is 419 g/mol. The number of alkyl halides is 8. The first-order valence-electron chi connectivity index (χ1n) is 8.79. The molecule has 0 aromatic heterocycles. The van der Waals surface area contributed by atoms with Crippen molar-refractivity contribution in [3.05, 3.63) is 35.9 Å². The number of halogens is 8. The van der Waals surface area contributed by atoms with Crippen LogP contribution in [0.25, 0.3) is 0 Å². The van der Waals surface area contributed by atoms with Crippen molar-refractivity contribution < 1.29 is 40.2 Å². The maximum atomic E-state index is 13.5. The molecular formula is C18H21F8NO. The first kappa shape index (κ1) is 22.9. The van der Waals surface area contributed by atoms with E-state index in [1.54, 1.807) is 30.3 Å². The number of rotatable bonds is 6. The highest BCUT2D eigenvalue weighted by Crippen LogP contribution is 2.41. The first-order valence-corrected chi connectivity index (χ1v) is 8.79. The van der Waals surface area contributed by atoms with E-state index in [0.717, 1.165) is 4.90 Å². The zero-order valence-corrected chi connectivity index (χ0v) is 14.8. The Labute approximate surface area is 157 Å². The Morgan fingerprint density at radius 3 is 2.11 bits per heavy atom. The summed E-state index contributed by atoms with van der Waals surface area (Å²) in [7, 11) is 0. The van der Waals surface area contributed by atoms with Crippen LogP contribution in [0, 0.1) is 5.92 Å². The van der Waals surface area contributed by atoms with Gasteiger partial charge in [-0.3, -0.25) is 4.90 Å². The standard InChI is InChI=1S/C18H21F8NO/c19-16(20,18(24,25)26)15(28)11-27(10-12-5-2-1-3-6-12)14-8-4-7-13(9-14)17(21,22)23/h1-3,5-6,13-15,28H,4,7-11H2. The highest BCUT2D eigenvalue weighted by atomic mass is 19.4. The topological polar surface area (TPSA) is 23.5 Å². The second-order valence-corrected chi connectivity index (χ2v) is 7.11. The van der Waals surface area contributed by atoms with Gasteiger partial charge in [-0.05, 0) is 24.8 Å². The van der Waals surface area contributed by atoms with Crippen LogP contribution in [-0.2, 0) is 6.54 Å². The molecule has 1 aromatic rings. The average molecular weight is 419 g/mol. The van der Waals surface area contributed by atoms with Crippen LogP contribution in [0.15, 0.2) is 30.3 Å². The van der Waals surface area contributed by atoms with E-state index in [4.69, 9.17) is 0 Å². The first-order chi connectivity index (χ1) is 12.8. The molecule has 0 spiro atoms. The quantitative estimate of drug-likeness (QED) is 0.644. The fraction of sp³-hybridized carbons (Fsp3) is 0.667. The van der Waals surface area contributed by atoms with E-state index in [-0.39, 0.29) is 25.8 Å². The van der Waals surface area contributed by atoms with Gasteiger partial charge in [0.15, 0.2) is 0 Å².